The third-order valence-electron chi connectivity index (χ3n) is 4.38. The lowest BCUT2D eigenvalue weighted by Crippen LogP contribution is -2.30. The minimum absolute atomic E-state index is 0.0103. The van der Waals surface area contributed by atoms with Crippen LogP contribution in [0.4, 0.5) is 17.5 Å². The van der Waals surface area contributed by atoms with Crippen LogP contribution < -0.4 is 10.6 Å². The average molecular weight is 373 g/mol. The number of hydrogen-bond acceptors (Lipinski definition) is 6. The molecule has 6 nitrogen and oxygen atoms in total. The summed E-state index contributed by atoms with van der Waals surface area (Å²) in [6.45, 7) is 4.05. The zero-order valence-electron chi connectivity index (χ0n) is 15.9. The fourth-order valence-corrected chi connectivity index (χ4v) is 2.74. The molecule has 0 aliphatic heterocycles. The highest BCUT2D eigenvalue weighted by Gasteiger charge is 2.15. The maximum Gasteiger partial charge on any atom is 0.225 e. The van der Waals surface area contributed by atoms with E-state index in [1.807, 2.05) is 62.4 Å². The Bertz CT molecular complexity index is 966. The smallest absolute Gasteiger partial charge is 0.225 e. The van der Waals surface area contributed by atoms with Crippen LogP contribution in [-0.4, -0.2) is 27.7 Å². The van der Waals surface area contributed by atoms with E-state index in [2.05, 4.69) is 26.7 Å². The van der Waals surface area contributed by atoms with Crippen molar-refractivity contribution in [1.29, 1.82) is 5.26 Å². The second kappa shape index (κ2) is 8.98. The van der Waals surface area contributed by atoms with Gasteiger partial charge >= 0.3 is 0 Å². The largest absolute Gasteiger partial charge is 0.394 e. The quantitative estimate of drug-likeness (QED) is 0.575. The Balaban J connectivity index is 1.98. The molecular weight excluding hydrogens is 350 g/mol. The third-order valence-corrected chi connectivity index (χ3v) is 4.38. The van der Waals surface area contributed by atoms with E-state index in [0.717, 1.165) is 16.9 Å². The highest BCUT2D eigenvalue weighted by Crippen LogP contribution is 2.24. The molecule has 1 atom stereocenters. The molecule has 0 unspecified atom stereocenters. The molecule has 3 aromatic rings. The Hall–Kier alpha value is -3.43. The van der Waals surface area contributed by atoms with Gasteiger partial charge in [0.25, 0.3) is 0 Å². The number of anilines is 3. The molecular formula is C22H23N5O. The first-order chi connectivity index (χ1) is 13.6. The number of rotatable bonds is 7. The van der Waals surface area contributed by atoms with Gasteiger partial charge in [0, 0.05) is 17.3 Å². The molecule has 0 amide bonds. The summed E-state index contributed by atoms with van der Waals surface area (Å²) >= 11 is 0. The van der Waals surface area contributed by atoms with Gasteiger partial charge in [-0.05, 0) is 24.1 Å². The zero-order chi connectivity index (χ0) is 19.9. The highest BCUT2D eigenvalue weighted by molar-refractivity contribution is 5.67. The number of benzene rings is 2. The second-order valence-electron chi connectivity index (χ2n) is 6.82. The van der Waals surface area contributed by atoms with Crippen molar-refractivity contribution >= 4 is 17.5 Å². The fourth-order valence-electron chi connectivity index (χ4n) is 2.74. The van der Waals surface area contributed by atoms with E-state index in [4.69, 9.17) is 5.26 Å². The minimum atomic E-state index is -0.152. The first kappa shape index (κ1) is 19.3. The van der Waals surface area contributed by atoms with Gasteiger partial charge in [0.15, 0.2) is 0 Å². The monoisotopic (exact) mass is 373 g/mol. The van der Waals surface area contributed by atoms with Crippen LogP contribution >= 0.6 is 0 Å². The number of aliphatic hydroxyl groups excluding tert-OH is 1. The van der Waals surface area contributed by atoms with Crippen molar-refractivity contribution < 1.29 is 5.11 Å². The van der Waals surface area contributed by atoms with Crippen LogP contribution in [-0.2, 0) is 0 Å². The first-order valence-corrected chi connectivity index (χ1v) is 9.18. The summed E-state index contributed by atoms with van der Waals surface area (Å²) in [5.41, 5.74) is 3.07. The van der Waals surface area contributed by atoms with Crippen LogP contribution in [0.1, 0.15) is 19.4 Å². The van der Waals surface area contributed by atoms with Crippen molar-refractivity contribution in [2.45, 2.75) is 19.9 Å². The Morgan fingerprint density at radius 3 is 2.50 bits per heavy atom. The van der Waals surface area contributed by atoms with Gasteiger partial charge in [-0.25, -0.2) is 4.98 Å². The summed E-state index contributed by atoms with van der Waals surface area (Å²) in [6, 6.07) is 20.9. The summed E-state index contributed by atoms with van der Waals surface area (Å²) in [5, 5.41) is 25.2. The second-order valence-corrected chi connectivity index (χ2v) is 6.82. The molecule has 0 aliphatic carbocycles. The molecule has 1 aromatic heterocycles. The molecule has 0 bridgehead atoms. The van der Waals surface area contributed by atoms with E-state index in [9.17, 15) is 5.11 Å². The molecule has 0 aliphatic rings. The molecule has 0 fully saturated rings. The fraction of sp³-hybridized carbons (Fsp3) is 0.227. The van der Waals surface area contributed by atoms with E-state index in [0.29, 0.717) is 17.3 Å². The van der Waals surface area contributed by atoms with E-state index >= 15 is 0 Å². The predicted octanol–water partition coefficient (Wildman–Crippen LogP) is 4.19. The summed E-state index contributed by atoms with van der Waals surface area (Å²) in [7, 11) is 0. The van der Waals surface area contributed by atoms with Crippen LogP contribution in [0, 0.1) is 17.2 Å². The van der Waals surface area contributed by atoms with E-state index in [-0.39, 0.29) is 18.6 Å². The number of hydrogen-bond donors (Lipinski definition) is 3. The Kier molecular flexibility index (Phi) is 6.20. The van der Waals surface area contributed by atoms with Gasteiger partial charge < -0.3 is 15.7 Å². The van der Waals surface area contributed by atoms with Gasteiger partial charge in [0.2, 0.25) is 5.95 Å². The third kappa shape index (κ3) is 4.84. The molecule has 28 heavy (non-hydrogen) atoms. The Morgan fingerprint density at radius 2 is 1.82 bits per heavy atom. The molecule has 3 rings (SSSR count). The highest BCUT2D eigenvalue weighted by atomic mass is 16.3. The SMILES string of the molecule is CC(C)[C@H](CO)Nc1nc(Nc2cccc(C#N)c2)cc(-c2ccccc2)n1. The van der Waals surface area contributed by atoms with Crippen molar-refractivity contribution in [1.82, 2.24) is 9.97 Å². The molecule has 0 radical (unpaired) electrons. The summed E-state index contributed by atoms with van der Waals surface area (Å²) < 4.78 is 0. The van der Waals surface area contributed by atoms with Gasteiger partial charge in [-0.15, -0.1) is 0 Å². The zero-order valence-corrected chi connectivity index (χ0v) is 15.9. The molecule has 0 saturated heterocycles. The summed E-state index contributed by atoms with van der Waals surface area (Å²) in [6.07, 6.45) is 0. The Morgan fingerprint density at radius 1 is 1.04 bits per heavy atom. The van der Waals surface area contributed by atoms with E-state index in [1.165, 1.54) is 0 Å². The van der Waals surface area contributed by atoms with Crippen molar-refractivity contribution in [3.05, 3.63) is 66.2 Å². The van der Waals surface area contributed by atoms with Gasteiger partial charge in [0.05, 0.1) is 30.0 Å². The van der Waals surface area contributed by atoms with Crippen molar-refractivity contribution in [2.75, 3.05) is 17.2 Å². The number of nitrogens with zero attached hydrogens (tertiary/aromatic N) is 3. The van der Waals surface area contributed by atoms with Crippen LogP contribution in [0.15, 0.2) is 60.7 Å². The standard InChI is InChI=1S/C22H23N5O/c1-15(2)20(14-28)26-22-25-19(17-8-4-3-5-9-17)12-21(27-22)24-18-10-6-7-16(11-18)13-23/h3-12,15,20,28H,14H2,1-2H3,(H2,24,25,26,27)/t20-/m0/s1. The van der Waals surface area contributed by atoms with Crippen LogP contribution in [0.5, 0.6) is 0 Å². The molecule has 2 aromatic carbocycles. The van der Waals surface area contributed by atoms with Crippen molar-refractivity contribution in [2.24, 2.45) is 5.92 Å². The van der Waals surface area contributed by atoms with Crippen molar-refractivity contribution in [3.8, 4) is 17.3 Å². The summed E-state index contributed by atoms with van der Waals surface area (Å²) in [5.74, 6) is 1.26. The van der Waals surface area contributed by atoms with Crippen LogP contribution in [0.25, 0.3) is 11.3 Å². The van der Waals surface area contributed by atoms with Gasteiger partial charge in [-0.1, -0.05) is 50.2 Å². The number of aliphatic hydroxyl groups is 1. The maximum atomic E-state index is 9.64. The van der Waals surface area contributed by atoms with Gasteiger partial charge in [-0.2, -0.15) is 10.2 Å². The molecule has 1 heterocycles. The van der Waals surface area contributed by atoms with E-state index < -0.39 is 0 Å². The average Bonchev–Trinajstić information content (AvgIpc) is 2.72. The predicted molar refractivity (Wildman–Crippen MR) is 111 cm³/mol. The van der Waals surface area contributed by atoms with Crippen LogP contribution in [0.3, 0.4) is 0 Å². The molecule has 0 spiro atoms. The lowest BCUT2D eigenvalue weighted by Gasteiger charge is -2.20. The van der Waals surface area contributed by atoms with E-state index in [1.54, 1.807) is 12.1 Å². The molecule has 3 N–H and O–H groups in total. The number of nitriles is 1. The van der Waals surface area contributed by atoms with Gasteiger partial charge in [0.1, 0.15) is 5.82 Å². The van der Waals surface area contributed by atoms with Crippen LogP contribution in [0.2, 0.25) is 0 Å². The lowest BCUT2D eigenvalue weighted by atomic mass is 10.1. The number of nitrogens with one attached hydrogen (secondary N) is 2. The summed E-state index contributed by atoms with van der Waals surface area (Å²) in [4.78, 5) is 9.18. The normalized spacial score (nSPS) is 11.7. The topological polar surface area (TPSA) is 93.9 Å². The molecule has 0 saturated carbocycles. The Labute approximate surface area is 164 Å². The first-order valence-electron chi connectivity index (χ1n) is 9.18. The number of aromatic nitrogens is 2. The molecule has 142 valence electrons. The maximum absolute atomic E-state index is 9.64. The molecule has 6 heteroatoms. The van der Waals surface area contributed by atoms with Gasteiger partial charge in [-0.3, -0.25) is 0 Å². The van der Waals surface area contributed by atoms with Crippen molar-refractivity contribution in [3.63, 3.8) is 0 Å². The minimum Gasteiger partial charge on any atom is -0.394 e. The lowest BCUT2D eigenvalue weighted by molar-refractivity contribution is 0.248.